The van der Waals surface area contributed by atoms with Crippen molar-refractivity contribution in [3.05, 3.63) is 17.4 Å². The van der Waals surface area contributed by atoms with Crippen LogP contribution >= 0.6 is 0 Å². The Hall–Kier alpha value is -1.49. The van der Waals surface area contributed by atoms with E-state index in [1.165, 1.54) is 6.07 Å². The largest absolute Gasteiger partial charge is 0.505 e. The Kier molecular flexibility index (Phi) is 2.55. The summed E-state index contributed by atoms with van der Waals surface area (Å²) in [4.78, 5) is 0. The lowest BCUT2D eigenvalue weighted by atomic mass is 9.90. The Bertz CT molecular complexity index is 444. The zero-order valence-electron chi connectivity index (χ0n) is 9.33. The summed E-state index contributed by atoms with van der Waals surface area (Å²) in [5.41, 5.74) is 0.546. The highest BCUT2D eigenvalue weighted by Gasteiger charge is 2.30. The van der Waals surface area contributed by atoms with Crippen LogP contribution in [0.1, 0.15) is 24.3 Å². The zero-order chi connectivity index (χ0) is 11.8. The summed E-state index contributed by atoms with van der Waals surface area (Å²) in [6, 6.07) is 1.18. The molecule has 0 aromatic heterocycles. The molecule has 1 aromatic rings. The first-order chi connectivity index (χ1) is 8.27. The van der Waals surface area contributed by atoms with E-state index >= 15 is 0 Å². The molecule has 0 spiro atoms. The normalized spacial score (nSPS) is 22.8. The zero-order valence-corrected chi connectivity index (χ0v) is 9.33. The van der Waals surface area contributed by atoms with E-state index in [4.69, 9.17) is 9.47 Å². The molecule has 2 heterocycles. The highest BCUT2D eigenvalue weighted by Crippen LogP contribution is 2.47. The molecule has 4 nitrogen and oxygen atoms in total. The van der Waals surface area contributed by atoms with Crippen molar-refractivity contribution in [3.8, 4) is 17.2 Å². The average molecular weight is 239 g/mol. The van der Waals surface area contributed by atoms with Gasteiger partial charge in [-0.1, -0.05) is 0 Å². The number of halogens is 1. The maximum absolute atomic E-state index is 13.6. The summed E-state index contributed by atoms with van der Waals surface area (Å²) in [7, 11) is 0. The number of piperidine rings is 1. The number of benzene rings is 1. The fourth-order valence-corrected chi connectivity index (χ4v) is 2.50. The van der Waals surface area contributed by atoms with E-state index in [1.54, 1.807) is 0 Å². The molecule has 2 N–H and O–H groups in total. The van der Waals surface area contributed by atoms with Crippen LogP contribution < -0.4 is 14.8 Å². The first kappa shape index (κ1) is 10.7. The van der Waals surface area contributed by atoms with Crippen molar-refractivity contribution in [1.82, 2.24) is 5.32 Å². The smallest absolute Gasteiger partial charge is 0.231 e. The Balaban J connectivity index is 2.07. The summed E-state index contributed by atoms with van der Waals surface area (Å²) < 4.78 is 24.1. The minimum absolute atomic E-state index is 0.0786. The molecule has 2 aliphatic rings. The lowest BCUT2D eigenvalue weighted by Gasteiger charge is -2.24. The van der Waals surface area contributed by atoms with Crippen LogP contribution in [-0.2, 0) is 0 Å². The van der Waals surface area contributed by atoms with Gasteiger partial charge in [-0.25, -0.2) is 4.39 Å². The van der Waals surface area contributed by atoms with E-state index in [0.29, 0.717) is 17.1 Å². The number of nitrogens with one attached hydrogen (secondary N) is 1. The summed E-state index contributed by atoms with van der Waals surface area (Å²) >= 11 is 0. The molecule has 0 bridgehead atoms. The van der Waals surface area contributed by atoms with Crippen molar-refractivity contribution in [3.63, 3.8) is 0 Å². The van der Waals surface area contributed by atoms with Gasteiger partial charge < -0.3 is 19.9 Å². The third-order valence-corrected chi connectivity index (χ3v) is 3.33. The molecule has 92 valence electrons. The average Bonchev–Trinajstić information content (AvgIpc) is 2.79. The van der Waals surface area contributed by atoms with E-state index in [2.05, 4.69) is 5.32 Å². The summed E-state index contributed by atoms with van der Waals surface area (Å²) in [6.07, 6.45) is 1.93. The van der Waals surface area contributed by atoms with Crippen molar-refractivity contribution in [2.45, 2.75) is 18.8 Å². The fourth-order valence-electron chi connectivity index (χ4n) is 2.50. The minimum Gasteiger partial charge on any atom is -0.505 e. The lowest BCUT2D eigenvalue weighted by molar-refractivity contribution is 0.172. The maximum atomic E-state index is 13.6. The van der Waals surface area contributed by atoms with Crippen molar-refractivity contribution in [1.29, 1.82) is 0 Å². The van der Waals surface area contributed by atoms with Gasteiger partial charge in [0.2, 0.25) is 6.79 Å². The molecule has 2 aliphatic heterocycles. The Morgan fingerprint density at radius 2 is 2.29 bits per heavy atom. The molecule has 1 aromatic carbocycles. The quantitative estimate of drug-likeness (QED) is 0.783. The molecule has 1 atom stereocenters. The number of ether oxygens (including phenoxy) is 2. The molecule has 1 saturated heterocycles. The van der Waals surface area contributed by atoms with Gasteiger partial charge in [-0.05, 0) is 19.4 Å². The Morgan fingerprint density at radius 3 is 3.06 bits per heavy atom. The second-order valence-corrected chi connectivity index (χ2v) is 4.40. The third-order valence-electron chi connectivity index (χ3n) is 3.33. The molecule has 0 amide bonds. The van der Waals surface area contributed by atoms with E-state index < -0.39 is 5.82 Å². The summed E-state index contributed by atoms with van der Waals surface area (Å²) in [5, 5.41) is 13.1. The highest BCUT2D eigenvalue weighted by molar-refractivity contribution is 5.57. The van der Waals surface area contributed by atoms with Crippen LogP contribution in [0.5, 0.6) is 17.2 Å². The van der Waals surface area contributed by atoms with E-state index in [-0.39, 0.29) is 18.5 Å². The molecule has 1 fully saturated rings. The maximum Gasteiger partial charge on any atom is 0.231 e. The SMILES string of the molecule is Oc1c(F)cc2c(c1C1CCCNC1)OCO2. The van der Waals surface area contributed by atoms with E-state index in [9.17, 15) is 9.50 Å². The standard InChI is InChI=1S/C12H14FNO3/c13-8-4-9-12(17-6-16-9)10(11(8)15)7-2-1-3-14-5-7/h4,7,14-15H,1-3,5-6H2. The second-order valence-electron chi connectivity index (χ2n) is 4.40. The number of aromatic hydroxyl groups is 1. The lowest BCUT2D eigenvalue weighted by Crippen LogP contribution is -2.28. The summed E-state index contributed by atoms with van der Waals surface area (Å²) in [6.45, 7) is 1.78. The number of fused-ring (bicyclic) bond motifs is 1. The van der Waals surface area contributed by atoms with E-state index in [0.717, 1.165) is 25.9 Å². The summed E-state index contributed by atoms with van der Waals surface area (Å²) in [5.74, 6) is 0.0196. The molecular weight excluding hydrogens is 225 g/mol. The van der Waals surface area contributed by atoms with Crippen LogP contribution in [0, 0.1) is 5.82 Å². The first-order valence-electron chi connectivity index (χ1n) is 5.79. The van der Waals surface area contributed by atoms with Gasteiger partial charge in [-0.15, -0.1) is 0 Å². The highest BCUT2D eigenvalue weighted by atomic mass is 19.1. The Labute approximate surface area is 98.3 Å². The number of phenols is 1. The molecule has 0 aliphatic carbocycles. The van der Waals surface area contributed by atoms with Crippen LogP contribution in [0.4, 0.5) is 4.39 Å². The number of hydrogen-bond acceptors (Lipinski definition) is 4. The van der Waals surface area contributed by atoms with Gasteiger partial charge in [-0.3, -0.25) is 0 Å². The molecular formula is C12H14FNO3. The number of rotatable bonds is 1. The first-order valence-corrected chi connectivity index (χ1v) is 5.79. The predicted octanol–water partition coefficient (Wildman–Crippen LogP) is 1.73. The molecule has 0 saturated carbocycles. The Morgan fingerprint density at radius 1 is 1.41 bits per heavy atom. The van der Waals surface area contributed by atoms with Crippen molar-refractivity contribution in [2.24, 2.45) is 0 Å². The molecule has 0 radical (unpaired) electrons. The van der Waals surface area contributed by atoms with Gasteiger partial charge in [0.25, 0.3) is 0 Å². The van der Waals surface area contributed by atoms with Gasteiger partial charge in [0.15, 0.2) is 23.1 Å². The van der Waals surface area contributed by atoms with Crippen LogP contribution in [0.3, 0.4) is 0 Å². The monoisotopic (exact) mass is 239 g/mol. The fraction of sp³-hybridized carbons (Fsp3) is 0.500. The van der Waals surface area contributed by atoms with Gasteiger partial charge >= 0.3 is 0 Å². The van der Waals surface area contributed by atoms with Crippen molar-refractivity contribution in [2.75, 3.05) is 19.9 Å². The van der Waals surface area contributed by atoms with Crippen LogP contribution in [0.2, 0.25) is 0 Å². The van der Waals surface area contributed by atoms with Crippen LogP contribution in [-0.4, -0.2) is 25.0 Å². The van der Waals surface area contributed by atoms with Gasteiger partial charge in [0, 0.05) is 24.1 Å². The van der Waals surface area contributed by atoms with E-state index in [1.807, 2.05) is 0 Å². The molecule has 17 heavy (non-hydrogen) atoms. The molecule has 3 rings (SSSR count). The molecule has 5 heteroatoms. The second kappa shape index (κ2) is 4.07. The number of phenolic OH excluding ortho intramolecular Hbond substituents is 1. The van der Waals surface area contributed by atoms with Crippen molar-refractivity contribution >= 4 is 0 Å². The number of hydrogen-bond donors (Lipinski definition) is 2. The van der Waals surface area contributed by atoms with Crippen LogP contribution in [0.25, 0.3) is 0 Å². The van der Waals surface area contributed by atoms with Gasteiger partial charge in [0.1, 0.15) is 0 Å². The minimum atomic E-state index is -0.644. The molecule has 1 unspecified atom stereocenters. The predicted molar refractivity (Wildman–Crippen MR) is 59.0 cm³/mol. The van der Waals surface area contributed by atoms with Gasteiger partial charge in [-0.2, -0.15) is 0 Å². The van der Waals surface area contributed by atoms with Crippen molar-refractivity contribution < 1.29 is 19.0 Å². The topological polar surface area (TPSA) is 50.7 Å². The van der Waals surface area contributed by atoms with Crippen LogP contribution in [0.15, 0.2) is 6.07 Å². The van der Waals surface area contributed by atoms with Gasteiger partial charge in [0.05, 0.1) is 0 Å². The third kappa shape index (κ3) is 1.70.